The summed E-state index contributed by atoms with van der Waals surface area (Å²) in [7, 11) is 1.59. The Labute approximate surface area is 108 Å². The number of hydrogen-bond acceptors (Lipinski definition) is 5. The van der Waals surface area contributed by atoms with E-state index >= 15 is 0 Å². The van der Waals surface area contributed by atoms with Crippen molar-refractivity contribution in [1.29, 1.82) is 0 Å². The van der Waals surface area contributed by atoms with Gasteiger partial charge < -0.3 is 24.8 Å². The molecule has 0 aliphatic carbocycles. The highest BCUT2D eigenvalue weighted by Crippen LogP contribution is 2.07. The summed E-state index contributed by atoms with van der Waals surface area (Å²) in [6, 6.07) is 0. The molecule has 2 N–H and O–H groups in total. The van der Waals surface area contributed by atoms with Gasteiger partial charge in [-0.05, 0) is 25.9 Å². The molecule has 1 aliphatic rings. The van der Waals surface area contributed by atoms with E-state index in [0.717, 1.165) is 25.9 Å². The number of piperidine rings is 1. The first kappa shape index (κ1) is 15.4. The molecule has 1 fully saturated rings. The van der Waals surface area contributed by atoms with Crippen LogP contribution in [0.4, 0.5) is 0 Å². The topological polar surface area (TPSA) is 71.0 Å². The molecule has 1 rings (SSSR count). The van der Waals surface area contributed by atoms with Crippen LogP contribution in [0.2, 0.25) is 0 Å². The molecular weight excluding hydrogens is 236 g/mol. The lowest BCUT2D eigenvalue weighted by Crippen LogP contribution is -2.40. The van der Waals surface area contributed by atoms with Crippen molar-refractivity contribution >= 4 is 5.91 Å². The second-order valence-corrected chi connectivity index (χ2v) is 4.36. The average molecular weight is 260 g/mol. The summed E-state index contributed by atoms with van der Waals surface area (Å²) >= 11 is 0. The Morgan fingerprint density at radius 2 is 2.11 bits per heavy atom. The molecule has 0 aromatic heterocycles. The molecule has 0 unspecified atom stereocenters. The molecule has 18 heavy (non-hydrogen) atoms. The van der Waals surface area contributed by atoms with E-state index in [1.165, 1.54) is 0 Å². The lowest BCUT2D eigenvalue weighted by molar-refractivity contribution is -0.139. The monoisotopic (exact) mass is 260 g/mol. The molecule has 1 heterocycles. The van der Waals surface area contributed by atoms with Crippen LogP contribution in [0.15, 0.2) is 0 Å². The summed E-state index contributed by atoms with van der Waals surface area (Å²) < 4.78 is 10.5. The highest BCUT2D eigenvalue weighted by Gasteiger charge is 2.17. The number of methoxy groups -OCH3 is 1. The summed E-state index contributed by atoms with van der Waals surface area (Å²) in [6.07, 6.45) is 2.07. The summed E-state index contributed by atoms with van der Waals surface area (Å²) in [5, 5.41) is 12.2. The second kappa shape index (κ2) is 9.27. The first-order chi connectivity index (χ1) is 8.77. The molecule has 0 atom stereocenters. The van der Waals surface area contributed by atoms with Gasteiger partial charge in [-0.1, -0.05) is 0 Å². The Morgan fingerprint density at radius 3 is 2.72 bits per heavy atom. The molecule has 0 aromatic rings. The fourth-order valence-corrected chi connectivity index (χ4v) is 1.93. The molecule has 6 heteroatoms. The van der Waals surface area contributed by atoms with Crippen LogP contribution in [0, 0.1) is 0 Å². The van der Waals surface area contributed by atoms with E-state index in [1.54, 1.807) is 12.0 Å². The van der Waals surface area contributed by atoms with E-state index in [-0.39, 0.29) is 25.2 Å². The van der Waals surface area contributed by atoms with Gasteiger partial charge >= 0.3 is 0 Å². The van der Waals surface area contributed by atoms with Crippen molar-refractivity contribution in [3.63, 3.8) is 0 Å². The highest BCUT2D eigenvalue weighted by atomic mass is 16.5. The van der Waals surface area contributed by atoms with Gasteiger partial charge in [0.2, 0.25) is 5.91 Å². The number of amides is 1. The molecule has 106 valence electrons. The Hall–Kier alpha value is -0.690. The van der Waals surface area contributed by atoms with Crippen molar-refractivity contribution in [2.45, 2.75) is 18.9 Å². The normalized spacial score (nSPS) is 16.8. The van der Waals surface area contributed by atoms with Crippen molar-refractivity contribution in [3.8, 4) is 0 Å². The van der Waals surface area contributed by atoms with Crippen LogP contribution < -0.4 is 5.32 Å². The van der Waals surface area contributed by atoms with Gasteiger partial charge in [0.1, 0.15) is 6.61 Å². The number of rotatable bonds is 8. The van der Waals surface area contributed by atoms with Gasteiger partial charge in [0, 0.05) is 20.2 Å². The fraction of sp³-hybridized carbons (Fsp3) is 0.917. The number of aliphatic hydroxyl groups excluding tert-OH is 1. The minimum Gasteiger partial charge on any atom is -0.395 e. The van der Waals surface area contributed by atoms with Crippen molar-refractivity contribution in [2.24, 2.45) is 0 Å². The van der Waals surface area contributed by atoms with Crippen molar-refractivity contribution in [2.75, 3.05) is 53.1 Å². The number of nitrogens with one attached hydrogen (secondary N) is 1. The predicted molar refractivity (Wildman–Crippen MR) is 67.4 cm³/mol. The molecule has 0 spiro atoms. The zero-order chi connectivity index (χ0) is 13.2. The summed E-state index contributed by atoms with van der Waals surface area (Å²) in [5.74, 6) is -0.0837. The molecule has 0 saturated carbocycles. The number of aliphatic hydroxyl groups is 1. The van der Waals surface area contributed by atoms with E-state index in [4.69, 9.17) is 14.6 Å². The predicted octanol–water partition coefficient (Wildman–Crippen LogP) is -0.778. The number of carbonyl (C=O) groups excluding carboxylic acids is 1. The van der Waals surface area contributed by atoms with Crippen LogP contribution in [0.1, 0.15) is 12.8 Å². The van der Waals surface area contributed by atoms with Crippen LogP contribution in [0.5, 0.6) is 0 Å². The Kier molecular flexibility index (Phi) is 7.91. The smallest absolute Gasteiger partial charge is 0.248 e. The van der Waals surface area contributed by atoms with Crippen molar-refractivity contribution in [1.82, 2.24) is 10.2 Å². The maximum Gasteiger partial charge on any atom is 0.248 e. The number of carbonyl (C=O) groups is 1. The standard InChI is InChI=1S/C12H24N2O4/c1-17-9-7-14(6-8-15)12(16)10-18-11-2-4-13-5-3-11/h11,13,15H,2-10H2,1H3. The third-order valence-electron chi connectivity index (χ3n) is 3.02. The zero-order valence-corrected chi connectivity index (χ0v) is 11.1. The maximum absolute atomic E-state index is 11.9. The second-order valence-electron chi connectivity index (χ2n) is 4.36. The third-order valence-corrected chi connectivity index (χ3v) is 3.02. The van der Waals surface area contributed by atoms with Gasteiger partial charge in [-0.15, -0.1) is 0 Å². The van der Waals surface area contributed by atoms with Gasteiger partial charge in [-0.25, -0.2) is 0 Å². The van der Waals surface area contributed by atoms with Crippen LogP contribution in [-0.2, 0) is 14.3 Å². The van der Waals surface area contributed by atoms with Gasteiger partial charge in [0.25, 0.3) is 0 Å². The number of ether oxygens (including phenoxy) is 2. The van der Waals surface area contributed by atoms with Crippen molar-refractivity contribution < 1.29 is 19.4 Å². The Morgan fingerprint density at radius 1 is 1.39 bits per heavy atom. The molecule has 0 bridgehead atoms. The van der Waals surface area contributed by atoms with Gasteiger partial charge in [-0.2, -0.15) is 0 Å². The summed E-state index contributed by atoms with van der Waals surface area (Å²) in [5.41, 5.74) is 0. The zero-order valence-electron chi connectivity index (χ0n) is 11.1. The minimum absolute atomic E-state index is 0.0389. The molecule has 0 radical (unpaired) electrons. The Bertz CT molecular complexity index is 232. The molecule has 1 amide bonds. The third kappa shape index (κ3) is 5.77. The van der Waals surface area contributed by atoms with E-state index < -0.39 is 0 Å². The first-order valence-electron chi connectivity index (χ1n) is 6.47. The molecular formula is C12H24N2O4. The van der Waals surface area contributed by atoms with Crippen LogP contribution in [0.3, 0.4) is 0 Å². The van der Waals surface area contributed by atoms with E-state index in [2.05, 4.69) is 5.32 Å². The Balaban J connectivity index is 2.26. The lowest BCUT2D eigenvalue weighted by atomic mass is 10.1. The molecule has 1 aliphatic heterocycles. The largest absolute Gasteiger partial charge is 0.395 e. The van der Waals surface area contributed by atoms with Crippen LogP contribution in [0.25, 0.3) is 0 Å². The average Bonchev–Trinajstić information content (AvgIpc) is 2.42. The fourth-order valence-electron chi connectivity index (χ4n) is 1.93. The SMILES string of the molecule is COCCN(CCO)C(=O)COC1CCNCC1. The van der Waals surface area contributed by atoms with E-state index in [1.807, 2.05) is 0 Å². The molecule has 0 aromatic carbocycles. The molecule has 6 nitrogen and oxygen atoms in total. The number of hydrogen-bond donors (Lipinski definition) is 2. The maximum atomic E-state index is 11.9. The first-order valence-corrected chi connectivity index (χ1v) is 6.47. The lowest BCUT2D eigenvalue weighted by Gasteiger charge is -2.25. The summed E-state index contributed by atoms with van der Waals surface area (Å²) in [6.45, 7) is 3.24. The van der Waals surface area contributed by atoms with Crippen LogP contribution in [-0.4, -0.2) is 75.1 Å². The quantitative estimate of drug-likeness (QED) is 0.599. The van der Waals surface area contributed by atoms with E-state index in [0.29, 0.717) is 19.7 Å². The minimum atomic E-state index is -0.0837. The van der Waals surface area contributed by atoms with E-state index in [9.17, 15) is 4.79 Å². The van der Waals surface area contributed by atoms with Crippen LogP contribution >= 0.6 is 0 Å². The van der Waals surface area contributed by atoms with Gasteiger partial charge in [0.15, 0.2) is 0 Å². The molecule has 1 saturated heterocycles. The number of nitrogens with zero attached hydrogens (tertiary/aromatic N) is 1. The summed E-state index contributed by atoms with van der Waals surface area (Å²) in [4.78, 5) is 13.5. The van der Waals surface area contributed by atoms with Crippen molar-refractivity contribution in [3.05, 3.63) is 0 Å². The highest BCUT2D eigenvalue weighted by molar-refractivity contribution is 5.77. The van der Waals surface area contributed by atoms with Gasteiger partial charge in [0.05, 0.1) is 19.3 Å². The van der Waals surface area contributed by atoms with Gasteiger partial charge in [-0.3, -0.25) is 4.79 Å².